The van der Waals surface area contributed by atoms with Crippen LogP contribution in [0.25, 0.3) is 0 Å². The number of aromatic nitrogens is 3. The average Bonchev–Trinajstić information content (AvgIpc) is 3.23. The molecule has 2 aliphatic heterocycles. The van der Waals surface area contributed by atoms with E-state index in [-0.39, 0.29) is 19.6 Å². The summed E-state index contributed by atoms with van der Waals surface area (Å²) >= 11 is 0. The van der Waals surface area contributed by atoms with Gasteiger partial charge in [-0.1, -0.05) is 0 Å². The van der Waals surface area contributed by atoms with E-state index in [0.717, 1.165) is 40.8 Å². The van der Waals surface area contributed by atoms with Gasteiger partial charge in [0.1, 0.15) is 12.2 Å². The molecule has 16 heteroatoms. The standard InChI is InChI=1S/C21H28N4O6.3H3OP/c26-11-6-16-18(28)19(29)20(31-16)24-10-5-17(27)25(21(24)30)13-14-12-15(4-7-22-14)23-8-2-1-3-9-23;3*1-2/h4-5,7,10,12,16,18-20,26,28-29H,1-3,6,8-9,11,13H2;3*1H,2H2. The first-order valence-corrected chi connectivity index (χ1v) is 13.0. The van der Waals surface area contributed by atoms with Gasteiger partial charge in [-0.3, -0.25) is 18.9 Å². The third-order valence-electron chi connectivity index (χ3n) is 5.96. The number of rotatable bonds is 6. The third kappa shape index (κ3) is 8.83. The first-order chi connectivity index (χ1) is 18.0. The topological polar surface area (TPSA) is 191 Å². The van der Waals surface area contributed by atoms with Gasteiger partial charge in [0, 0.05) is 43.8 Å². The highest BCUT2D eigenvalue weighted by atomic mass is 31.0. The molecule has 37 heavy (non-hydrogen) atoms. The Morgan fingerprint density at radius 3 is 2.24 bits per heavy atom. The van der Waals surface area contributed by atoms with Crippen molar-refractivity contribution in [1.82, 2.24) is 14.1 Å². The molecule has 6 N–H and O–H groups in total. The molecule has 0 saturated carbocycles. The van der Waals surface area contributed by atoms with Crippen LogP contribution in [-0.2, 0) is 11.3 Å². The molecule has 210 valence electrons. The smallest absolute Gasteiger partial charge is 0.333 e. The van der Waals surface area contributed by atoms with Crippen LogP contribution < -0.4 is 16.1 Å². The van der Waals surface area contributed by atoms with Crippen LogP contribution in [-0.4, -0.2) is 82.1 Å². The molecule has 13 nitrogen and oxygen atoms in total. The first-order valence-electron chi connectivity index (χ1n) is 11.4. The van der Waals surface area contributed by atoms with E-state index in [9.17, 15) is 19.8 Å². The van der Waals surface area contributed by atoms with Crippen molar-refractivity contribution < 1.29 is 34.7 Å². The zero-order valence-electron chi connectivity index (χ0n) is 20.3. The summed E-state index contributed by atoms with van der Waals surface area (Å²) in [4.78, 5) is 52.8. The Morgan fingerprint density at radius 2 is 1.62 bits per heavy atom. The fourth-order valence-corrected chi connectivity index (χ4v) is 4.26. The highest BCUT2D eigenvalue weighted by molar-refractivity contribution is 7.08. The molecule has 2 aromatic rings. The average molecular weight is 582 g/mol. The fraction of sp³-hybridized carbons (Fsp3) is 0.571. The number of aliphatic hydroxyl groups excluding tert-OH is 3. The van der Waals surface area contributed by atoms with E-state index in [1.807, 2.05) is 12.1 Å². The second-order valence-corrected chi connectivity index (χ2v) is 8.04. The van der Waals surface area contributed by atoms with Crippen molar-refractivity contribution in [3.05, 3.63) is 57.1 Å². The minimum Gasteiger partial charge on any atom is -0.396 e. The number of hydrogen-bond donors (Lipinski definition) is 6. The van der Waals surface area contributed by atoms with Crippen LogP contribution in [0.5, 0.6) is 0 Å². The molecule has 2 aromatic heterocycles. The van der Waals surface area contributed by atoms with Crippen molar-refractivity contribution >= 4 is 34.1 Å². The molecule has 7 atom stereocenters. The summed E-state index contributed by atoms with van der Waals surface area (Å²) in [6, 6.07) is 5.03. The van der Waals surface area contributed by atoms with Gasteiger partial charge in [-0.25, -0.2) is 4.79 Å². The SMILES string of the molecule is O=c1ccn(C2OC(CCO)C(O)C2O)c(=O)n1Cc1cc(N2CCCCC2)ccn1.OP.OP.OP. The molecule has 4 rings (SSSR count). The number of anilines is 1. The molecule has 2 aliphatic rings. The Balaban J connectivity index is 0.00000106. The van der Waals surface area contributed by atoms with Crippen LogP contribution in [0.3, 0.4) is 0 Å². The molecule has 2 saturated heterocycles. The van der Waals surface area contributed by atoms with Gasteiger partial charge in [-0.05, 0) is 66.2 Å². The van der Waals surface area contributed by atoms with Gasteiger partial charge in [-0.15, -0.1) is 0 Å². The largest absolute Gasteiger partial charge is 0.396 e. The van der Waals surface area contributed by atoms with Gasteiger partial charge in [0.05, 0.1) is 18.3 Å². The van der Waals surface area contributed by atoms with E-state index in [0.29, 0.717) is 5.69 Å². The summed E-state index contributed by atoms with van der Waals surface area (Å²) < 4.78 is 7.73. The monoisotopic (exact) mass is 582 g/mol. The number of hydrogen-bond acceptors (Lipinski definition) is 11. The van der Waals surface area contributed by atoms with E-state index in [4.69, 9.17) is 24.5 Å². The Bertz CT molecular complexity index is 1040. The zero-order chi connectivity index (χ0) is 28.0. The molecular formula is C21H37N4O9P3. The van der Waals surface area contributed by atoms with Crippen molar-refractivity contribution in [1.29, 1.82) is 0 Å². The highest BCUT2D eigenvalue weighted by Crippen LogP contribution is 2.29. The maximum atomic E-state index is 13.1. The number of aliphatic hydroxyl groups is 3. The fourth-order valence-electron chi connectivity index (χ4n) is 4.26. The van der Waals surface area contributed by atoms with Gasteiger partial charge in [0.25, 0.3) is 5.56 Å². The van der Waals surface area contributed by atoms with Gasteiger partial charge in [0.15, 0.2) is 6.23 Å². The van der Waals surface area contributed by atoms with Gasteiger partial charge >= 0.3 is 5.69 Å². The maximum Gasteiger partial charge on any atom is 0.333 e. The van der Waals surface area contributed by atoms with E-state index >= 15 is 0 Å². The molecule has 0 amide bonds. The summed E-state index contributed by atoms with van der Waals surface area (Å²) in [5, 5.41) is 29.6. The lowest BCUT2D eigenvalue weighted by Gasteiger charge is -2.29. The van der Waals surface area contributed by atoms with Crippen LogP contribution >= 0.6 is 28.4 Å². The van der Waals surface area contributed by atoms with Crippen LogP contribution in [0, 0.1) is 0 Å². The van der Waals surface area contributed by atoms with Gasteiger partial charge < -0.3 is 39.6 Å². The van der Waals surface area contributed by atoms with Crippen LogP contribution in [0.2, 0.25) is 0 Å². The van der Waals surface area contributed by atoms with Gasteiger partial charge in [-0.2, -0.15) is 0 Å². The molecule has 4 heterocycles. The normalized spacial score (nSPS) is 22.6. The number of ether oxygens (including phenoxy) is 1. The van der Waals surface area contributed by atoms with E-state index < -0.39 is 35.8 Å². The second kappa shape index (κ2) is 18.0. The first kappa shape index (κ1) is 33.7. The number of nitrogens with zero attached hydrogens (tertiary/aromatic N) is 4. The summed E-state index contributed by atoms with van der Waals surface area (Å²) in [5.41, 5.74) is 0.426. The Labute approximate surface area is 221 Å². The van der Waals surface area contributed by atoms with Crippen molar-refractivity contribution in [2.24, 2.45) is 0 Å². The molecular weight excluding hydrogens is 545 g/mol. The van der Waals surface area contributed by atoms with Crippen molar-refractivity contribution in [3.8, 4) is 0 Å². The third-order valence-corrected chi connectivity index (χ3v) is 5.96. The Morgan fingerprint density at radius 1 is 0.973 bits per heavy atom. The lowest BCUT2D eigenvalue weighted by Crippen LogP contribution is -2.43. The summed E-state index contributed by atoms with van der Waals surface area (Å²) in [7, 11) is 4.25. The predicted molar refractivity (Wildman–Crippen MR) is 148 cm³/mol. The van der Waals surface area contributed by atoms with Crippen molar-refractivity contribution in [2.45, 2.75) is 56.8 Å². The van der Waals surface area contributed by atoms with E-state index in [1.54, 1.807) is 6.20 Å². The lowest BCUT2D eigenvalue weighted by atomic mass is 10.1. The molecule has 0 aromatic carbocycles. The minimum absolute atomic E-state index is 0.0222. The molecule has 2 fully saturated rings. The van der Waals surface area contributed by atoms with Gasteiger partial charge in [0.2, 0.25) is 0 Å². The summed E-state index contributed by atoms with van der Waals surface area (Å²) in [6.45, 7) is 1.69. The molecule has 7 unspecified atom stereocenters. The van der Waals surface area contributed by atoms with E-state index in [2.05, 4.69) is 9.88 Å². The summed E-state index contributed by atoms with van der Waals surface area (Å²) in [6.07, 6.45) is 1.96. The van der Waals surface area contributed by atoms with Crippen LogP contribution in [0.4, 0.5) is 5.69 Å². The van der Waals surface area contributed by atoms with E-state index in [1.165, 1.54) is 47.1 Å². The molecule has 0 spiro atoms. The highest BCUT2D eigenvalue weighted by Gasteiger charge is 2.43. The summed E-state index contributed by atoms with van der Waals surface area (Å²) in [5.74, 6) is 0. The zero-order valence-corrected chi connectivity index (χ0v) is 23.7. The predicted octanol–water partition coefficient (Wildman–Crippen LogP) is -1.25. The molecule has 0 bridgehead atoms. The molecule has 0 aliphatic carbocycles. The number of piperidine rings is 1. The minimum atomic E-state index is -1.36. The van der Waals surface area contributed by atoms with Crippen LogP contribution in [0.15, 0.2) is 40.2 Å². The van der Waals surface area contributed by atoms with Crippen molar-refractivity contribution in [2.75, 3.05) is 24.6 Å². The molecule has 0 radical (unpaired) electrons. The maximum absolute atomic E-state index is 13.1. The quantitative estimate of drug-likeness (QED) is 0.223. The second-order valence-electron chi connectivity index (χ2n) is 8.04. The number of pyridine rings is 1. The Hall–Kier alpha value is -1.36. The van der Waals surface area contributed by atoms with Crippen LogP contribution in [0.1, 0.15) is 37.6 Å². The Kier molecular flexibility index (Phi) is 16.4. The van der Waals surface area contributed by atoms with Crippen molar-refractivity contribution in [3.63, 3.8) is 0 Å². The lowest BCUT2D eigenvalue weighted by molar-refractivity contribution is -0.0458.